The van der Waals surface area contributed by atoms with Crippen molar-refractivity contribution in [3.63, 3.8) is 0 Å². The Morgan fingerprint density at radius 3 is 3.00 bits per heavy atom. The van der Waals surface area contributed by atoms with Gasteiger partial charge in [-0.2, -0.15) is 0 Å². The third kappa shape index (κ3) is 2.38. The Bertz CT molecular complexity index is 413. The van der Waals surface area contributed by atoms with Crippen LogP contribution in [0.25, 0.3) is 0 Å². The summed E-state index contributed by atoms with van der Waals surface area (Å²) in [6.07, 6.45) is 3.38. The lowest BCUT2D eigenvalue weighted by Crippen LogP contribution is -2.33. The van der Waals surface area contributed by atoms with Gasteiger partial charge in [-0.25, -0.2) is 0 Å². The van der Waals surface area contributed by atoms with Crippen molar-refractivity contribution in [3.8, 4) is 5.75 Å². The summed E-state index contributed by atoms with van der Waals surface area (Å²) in [5, 5.41) is 3.74. The predicted octanol–water partition coefficient (Wildman–Crippen LogP) is 2.59. The van der Waals surface area contributed by atoms with Crippen LogP contribution in [0.3, 0.4) is 0 Å². The summed E-state index contributed by atoms with van der Waals surface area (Å²) in [6, 6.07) is 7.36. The molecule has 0 aromatic heterocycles. The molecule has 18 heavy (non-hydrogen) atoms. The van der Waals surface area contributed by atoms with Crippen molar-refractivity contribution in [3.05, 3.63) is 29.3 Å². The molecular weight excluding hydrogens is 226 g/mol. The first-order valence-electron chi connectivity index (χ1n) is 6.90. The third-order valence-corrected chi connectivity index (χ3v) is 3.87. The van der Waals surface area contributed by atoms with Gasteiger partial charge < -0.3 is 14.8 Å². The zero-order valence-electron chi connectivity index (χ0n) is 10.9. The van der Waals surface area contributed by atoms with E-state index in [2.05, 4.69) is 30.4 Å². The summed E-state index contributed by atoms with van der Waals surface area (Å²) >= 11 is 0. The standard InChI is InChI=1S/C15H21NO2/c1-11-4-2-5-13-14(6-3-8-18-15(11)13)16-12-7-9-17-10-12/h2,4-5,12,14,16H,3,6-10H2,1H3. The number of benzene rings is 1. The Kier molecular flexibility index (Phi) is 3.52. The van der Waals surface area contributed by atoms with Gasteiger partial charge in [0.2, 0.25) is 0 Å². The summed E-state index contributed by atoms with van der Waals surface area (Å²) in [7, 11) is 0. The molecule has 3 rings (SSSR count). The van der Waals surface area contributed by atoms with Crippen LogP contribution in [0, 0.1) is 6.92 Å². The van der Waals surface area contributed by atoms with Crippen LogP contribution in [0.1, 0.15) is 36.4 Å². The largest absolute Gasteiger partial charge is 0.493 e. The molecule has 1 aromatic rings. The lowest BCUT2D eigenvalue weighted by atomic mass is 9.99. The van der Waals surface area contributed by atoms with Crippen molar-refractivity contribution in [2.24, 2.45) is 0 Å². The fourth-order valence-corrected chi connectivity index (χ4v) is 2.89. The topological polar surface area (TPSA) is 30.5 Å². The van der Waals surface area contributed by atoms with Gasteiger partial charge in [0.1, 0.15) is 5.75 Å². The molecule has 2 aliphatic rings. The van der Waals surface area contributed by atoms with Gasteiger partial charge in [0.25, 0.3) is 0 Å². The molecule has 0 saturated carbocycles. The average Bonchev–Trinajstić information content (AvgIpc) is 2.79. The maximum absolute atomic E-state index is 5.90. The maximum atomic E-state index is 5.90. The summed E-state index contributed by atoms with van der Waals surface area (Å²) < 4.78 is 11.4. The van der Waals surface area contributed by atoms with Crippen LogP contribution in [0.2, 0.25) is 0 Å². The van der Waals surface area contributed by atoms with E-state index in [0.717, 1.165) is 44.8 Å². The number of hydrogen-bond acceptors (Lipinski definition) is 3. The molecule has 0 aliphatic carbocycles. The third-order valence-electron chi connectivity index (χ3n) is 3.87. The van der Waals surface area contributed by atoms with Crippen molar-refractivity contribution < 1.29 is 9.47 Å². The fraction of sp³-hybridized carbons (Fsp3) is 0.600. The molecule has 2 unspecified atom stereocenters. The molecule has 1 saturated heterocycles. The SMILES string of the molecule is Cc1cccc2c1OCCCC2NC1CCOC1. The van der Waals surface area contributed by atoms with Gasteiger partial charge in [-0.05, 0) is 31.7 Å². The molecule has 2 aliphatic heterocycles. The van der Waals surface area contributed by atoms with Gasteiger partial charge in [-0.1, -0.05) is 18.2 Å². The number of aryl methyl sites for hydroxylation is 1. The van der Waals surface area contributed by atoms with Crippen molar-refractivity contribution in [2.75, 3.05) is 19.8 Å². The molecule has 2 atom stereocenters. The molecule has 0 bridgehead atoms. The second kappa shape index (κ2) is 5.29. The Morgan fingerprint density at radius 2 is 2.17 bits per heavy atom. The number of rotatable bonds is 2. The Labute approximate surface area is 108 Å². The molecule has 1 fully saturated rings. The van der Waals surface area contributed by atoms with Crippen LogP contribution in [0.4, 0.5) is 0 Å². The van der Waals surface area contributed by atoms with Gasteiger partial charge in [0.15, 0.2) is 0 Å². The molecule has 0 amide bonds. The first kappa shape index (κ1) is 12.0. The molecule has 0 radical (unpaired) electrons. The second-order valence-corrected chi connectivity index (χ2v) is 5.26. The number of nitrogens with one attached hydrogen (secondary N) is 1. The van der Waals surface area contributed by atoms with Crippen molar-refractivity contribution >= 4 is 0 Å². The summed E-state index contributed by atoms with van der Waals surface area (Å²) in [5.74, 6) is 1.09. The summed E-state index contributed by atoms with van der Waals surface area (Å²) in [6.45, 7) is 4.69. The van der Waals surface area contributed by atoms with Crippen LogP contribution >= 0.6 is 0 Å². The first-order valence-corrected chi connectivity index (χ1v) is 6.90. The highest BCUT2D eigenvalue weighted by molar-refractivity contribution is 5.43. The second-order valence-electron chi connectivity index (χ2n) is 5.26. The summed E-state index contributed by atoms with van der Waals surface area (Å²) in [4.78, 5) is 0. The van der Waals surface area contributed by atoms with Crippen molar-refractivity contribution in [1.29, 1.82) is 0 Å². The average molecular weight is 247 g/mol. The van der Waals surface area contributed by atoms with E-state index in [-0.39, 0.29) is 0 Å². The zero-order chi connectivity index (χ0) is 12.4. The highest BCUT2D eigenvalue weighted by Crippen LogP contribution is 2.34. The van der Waals surface area contributed by atoms with Gasteiger partial charge >= 0.3 is 0 Å². The molecule has 1 N–H and O–H groups in total. The van der Waals surface area contributed by atoms with Gasteiger partial charge in [-0.3, -0.25) is 0 Å². The molecule has 0 spiro atoms. The van der Waals surface area contributed by atoms with Gasteiger partial charge in [-0.15, -0.1) is 0 Å². The van der Waals surface area contributed by atoms with Crippen LogP contribution in [0.15, 0.2) is 18.2 Å². The highest BCUT2D eigenvalue weighted by Gasteiger charge is 2.25. The molecule has 2 heterocycles. The Hall–Kier alpha value is -1.06. The minimum Gasteiger partial charge on any atom is -0.493 e. The van der Waals surface area contributed by atoms with E-state index in [1.807, 2.05) is 0 Å². The van der Waals surface area contributed by atoms with E-state index in [0.29, 0.717) is 12.1 Å². The molecule has 3 heteroatoms. The fourth-order valence-electron chi connectivity index (χ4n) is 2.89. The molecule has 98 valence electrons. The minimum atomic E-state index is 0.411. The number of fused-ring (bicyclic) bond motifs is 1. The monoisotopic (exact) mass is 247 g/mol. The smallest absolute Gasteiger partial charge is 0.126 e. The van der Waals surface area contributed by atoms with Crippen LogP contribution in [-0.4, -0.2) is 25.9 Å². The highest BCUT2D eigenvalue weighted by atomic mass is 16.5. The quantitative estimate of drug-likeness (QED) is 0.871. The molecular formula is C15H21NO2. The van der Waals surface area contributed by atoms with Crippen molar-refractivity contribution in [2.45, 2.75) is 38.3 Å². The number of para-hydroxylation sites is 1. The zero-order valence-corrected chi connectivity index (χ0v) is 10.9. The van der Waals surface area contributed by atoms with E-state index in [9.17, 15) is 0 Å². The number of ether oxygens (including phenoxy) is 2. The minimum absolute atomic E-state index is 0.411. The van der Waals surface area contributed by atoms with E-state index in [1.54, 1.807) is 0 Å². The van der Waals surface area contributed by atoms with Crippen LogP contribution in [-0.2, 0) is 4.74 Å². The predicted molar refractivity (Wildman–Crippen MR) is 71.0 cm³/mol. The molecule has 3 nitrogen and oxygen atoms in total. The molecule has 1 aromatic carbocycles. The maximum Gasteiger partial charge on any atom is 0.126 e. The van der Waals surface area contributed by atoms with Gasteiger partial charge in [0, 0.05) is 24.3 Å². The Morgan fingerprint density at radius 1 is 1.22 bits per heavy atom. The first-order chi connectivity index (χ1) is 8.84. The summed E-state index contributed by atoms with van der Waals surface area (Å²) in [5.41, 5.74) is 2.56. The normalized spacial score (nSPS) is 27.4. The van der Waals surface area contributed by atoms with E-state index in [4.69, 9.17) is 9.47 Å². The van der Waals surface area contributed by atoms with E-state index < -0.39 is 0 Å². The number of hydrogen-bond donors (Lipinski definition) is 1. The van der Waals surface area contributed by atoms with E-state index in [1.165, 1.54) is 11.1 Å². The lowest BCUT2D eigenvalue weighted by Gasteiger charge is -2.22. The Balaban J connectivity index is 1.84. The van der Waals surface area contributed by atoms with E-state index >= 15 is 0 Å². The van der Waals surface area contributed by atoms with Crippen molar-refractivity contribution in [1.82, 2.24) is 5.32 Å². The van der Waals surface area contributed by atoms with Crippen LogP contribution < -0.4 is 10.1 Å². The van der Waals surface area contributed by atoms with Crippen LogP contribution in [0.5, 0.6) is 5.75 Å². The van der Waals surface area contributed by atoms with Gasteiger partial charge in [0.05, 0.1) is 13.2 Å². The lowest BCUT2D eigenvalue weighted by molar-refractivity contribution is 0.187.